The summed E-state index contributed by atoms with van der Waals surface area (Å²) in [5.41, 5.74) is -6.02. The van der Waals surface area contributed by atoms with Crippen molar-refractivity contribution in [3.05, 3.63) is 29.6 Å². The minimum absolute atomic E-state index is 0.168. The molecule has 16 heavy (non-hydrogen) atoms. The van der Waals surface area contributed by atoms with Crippen LogP contribution in [-0.2, 0) is 9.84 Å². The van der Waals surface area contributed by atoms with Crippen molar-refractivity contribution in [2.45, 2.75) is 10.4 Å². The molecule has 8 heteroatoms. The van der Waals surface area contributed by atoms with E-state index in [1.54, 1.807) is 0 Å². The van der Waals surface area contributed by atoms with Gasteiger partial charge >= 0.3 is 5.51 Å². The Kier molecular flexibility index (Phi) is 2.92. The summed E-state index contributed by atoms with van der Waals surface area (Å²) in [7, 11) is -5.57. The highest BCUT2D eigenvalue weighted by Crippen LogP contribution is 2.30. The molecule has 0 fully saturated rings. The average molecular weight is 253 g/mol. The van der Waals surface area contributed by atoms with Crippen LogP contribution in [0.25, 0.3) is 0 Å². The van der Waals surface area contributed by atoms with E-state index >= 15 is 0 Å². The molecule has 0 saturated carbocycles. The van der Waals surface area contributed by atoms with Crippen LogP contribution in [0, 0.1) is 17.1 Å². The van der Waals surface area contributed by atoms with Crippen molar-refractivity contribution in [3.63, 3.8) is 0 Å². The highest BCUT2D eigenvalue weighted by Gasteiger charge is 2.47. The van der Waals surface area contributed by atoms with Crippen LogP contribution in [0.1, 0.15) is 5.56 Å². The molecule has 0 amide bonds. The van der Waals surface area contributed by atoms with Gasteiger partial charge in [0.2, 0.25) is 0 Å². The molecule has 1 aromatic carbocycles. The second kappa shape index (κ2) is 3.75. The van der Waals surface area contributed by atoms with Crippen LogP contribution in [-0.4, -0.2) is 13.9 Å². The molecule has 0 bridgehead atoms. The maximum atomic E-state index is 12.9. The van der Waals surface area contributed by atoms with E-state index in [9.17, 15) is 26.0 Å². The van der Waals surface area contributed by atoms with Crippen molar-refractivity contribution >= 4 is 9.84 Å². The van der Waals surface area contributed by atoms with Gasteiger partial charge in [-0.15, -0.1) is 0 Å². The van der Waals surface area contributed by atoms with E-state index in [0.29, 0.717) is 12.1 Å². The molecular formula is C8H3F4NO2S. The Morgan fingerprint density at radius 3 is 2.19 bits per heavy atom. The van der Waals surface area contributed by atoms with E-state index in [2.05, 4.69) is 0 Å². The van der Waals surface area contributed by atoms with Gasteiger partial charge in [0.05, 0.1) is 10.5 Å². The highest BCUT2D eigenvalue weighted by molar-refractivity contribution is 7.92. The fourth-order valence-corrected chi connectivity index (χ4v) is 1.66. The standard InChI is InChI=1S/C8H3F4NO2S/c9-7-3-6(2-1-5(7)4-13)16(14,15)8(10,11)12/h1-3H. The van der Waals surface area contributed by atoms with Gasteiger partial charge in [-0.05, 0) is 18.2 Å². The van der Waals surface area contributed by atoms with Gasteiger partial charge < -0.3 is 0 Å². The second-order valence-electron chi connectivity index (χ2n) is 2.70. The monoisotopic (exact) mass is 253 g/mol. The molecular weight excluding hydrogens is 250 g/mol. The van der Waals surface area contributed by atoms with Gasteiger partial charge in [-0.25, -0.2) is 12.8 Å². The number of halogens is 4. The minimum atomic E-state index is -5.57. The molecule has 1 aromatic rings. The first kappa shape index (κ1) is 12.4. The van der Waals surface area contributed by atoms with Crippen LogP contribution in [0.15, 0.2) is 23.1 Å². The number of alkyl halides is 3. The first-order valence-electron chi connectivity index (χ1n) is 3.71. The predicted octanol–water partition coefficient (Wildman–Crippen LogP) is 1.99. The lowest BCUT2D eigenvalue weighted by Crippen LogP contribution is -2.23. The van der Waals surface area contributed by atoms with Crippen molar-refractivity contribution in [3.8, 4) is 6.07 Å². The predicted molar refractivity (Wildman–Crippen MR) is 44.4 cm³/mol. The normalized spacial score (nSPS) is 12.2. The summed E-state index contributed by atoms with van der Waals surface area (Å²) in [4.78, 5) is -1.23. The zero-order chi connectivity index (χ0) is 12.6. The summed E-state index contributed by atoms with van der Waals surface area (Å²) in [5, 5.41) is 8.31. The number of nitriles is 1. The molecule has 0 radical (unpaired) electrons. The van der Waals surface area contributed by atoms with E-state index < -0.39 is 31.6 Å². The Hall–Kier alpha value is -1.62. The lowest BCUT2D eigenvalue weighted by Gasteiger charge is -2.07. The number of hydrogen-bond donors (Lipinski definition) is 0. The third-order valence-corrected chi connectivity index (χ3v) is 3.16. The van der Waals surface area contributed by atoms with Gasteiger partial charge in [0.1, 0.15) is 11.9 Å². The molecule has 0 spiro atoms. The minimum Gasteiger partial charge on any atom is -0.214 e. The van der Waals surface area contributed by atoms with E-state index in [1.165, 1.54) is 6.07 Å². The molecule has 0 aliphatic carbocycles. The summed E-state index contributed by atoms with van der Waals surface area (Å²) in [6.45, 7) is 0. The molecule has 0 N–H and O–H groups in total. The Balaban J connectivity index is 3.39. The number of benzene rings is 1. The quantitative estimate of drug-likeness (QED) is 0.719. The fourth-order valence-electron chi connectivity index (χ4n) is 0.887. The zero-order valence-electron chi connectivity index (χ0n) is 7.42. The van der Waals surface area contributed by atoms with Crippen LogP contribution in [0.5, 0.6) is 0 Å². The van der Waals surface area contributed by atoms with Crippen LogP contribution < -0.4 is 0 Å². The van der Waals surface area contributed by atoms with Crippen molar-refractivity contribution in [1.29, 1.82) is 5.26 Å². The van der Waals surface area contributed by atoms with Crippen molar-refractivity contribution in [1.82, 2.24) is 0 Å². The number of rotatable bonds is 1. The van der Waals surface area contributed by atoms with E-state index in [4.69, 9.17) is 5.26 Å². The Bertz CT molecular complexity index is 556. The zero-order valence-corrected chi connectivity index (χ0v) is 8.23. The molecule has 86 valence electrons. The van der Waals surface area contributed by atoms with Crippen molar-refractivity contribution in [2.75, 3.05) is 0 Å². The summed E-state index contributed by atoms with van der Waals surface area (Å²) >= 11 is 0. The average Bonchev–Trinajstić information content (AvgIpc) is 2.15. The van der Waals surface area contributed by atoms with Gasteiger partial charge in [-0.2, -0.15) is 18.4 Å². The van der Waals surface area contributed by atoms with Crippen molar-refractivity contribution in [2.24, 2.45) is 0 Å². The molecule has 0 aliphatic heterocycles. The van der Waals surface area contributed by atoms with E-state index in [1.807, 2.05) is 0 Å². The number of hydrogen-bond acceptors (Lipinski definition) is 3. The second-order valence-corrected chi connectivity index (χ2v) is 4.64. The molecule has 0 aromatic heterocycles. The maximum Gasteiger partial charge on any atom is 0.501 e. The van der Waals surface area contributed by atoms with Gasteiger partial charge in [0.25, 0.3) is 9.84 Å². The lowest BCUT2D eigenvalue weighted by atomic mass is 10.2. The molecule has 0 aliphatic rings. The van der Waals surface area contributed by atoms with Gasteiger partial charge in [0, 0.05) is 0 Å². The summed E-state index contributed by atoms with van der Waals surface area (Å²) < 4.78 is 70.8. The Labute approximate surface area is 87.8 Å². The van der Waals surface area contributed by atoms with Crippen LogP contribution in [0.2, 0.25) is 0 Å². The fraction of sp³-hybridized carbons (Fsp3) is 0.125. The molecule has 0 saturated heterocycles. The maximum absolute atomic E-state index is 12.9. The summed E-state index contributed by atoms with van der Waals surface area (Å²) in [5.74, 6) is -1.31. The SMILES string of the molecule is N#Cc1ccc(S(=O)(=O)C(F)(F)F)cc1F. The Morgan fingerprint density at radius 2 is 1.81 bits per heavy atom. The third-order valence-electron chi connectivity index (χ3n) is 1.68. The summed E-state index contributed by atoms with van der Waals surface area (Å²) in [6.07, 6.45) is 0. The molecule has 0 atom stereocenters. The van der Waals surface area contributed by atoms with Crippen molar-refractivity contribution < 1.29 is 26.0 Å². The number of sulfone groups is 1. The van der Waals surface area contributed by atoms with E-state index in [0.717, 1.165) is 0 Å². The highest BCUT2D eigenvalue weighted by atomic mass is 32.2. The lowest BCUT2D eigenvalue weighted by molar-refractivity contribution is -0.0436. The molecule has 0 heterocycles. The Morgan fingerprint density at radius 1 is 1.25 bits per heavy atom. The number of nitrogens with zero attached hydrogens (tertiary/aromatic N) is 1. The van der Waals surface area contributed by atoms with Crippen LogP contribution >= 0.6 is 0 Å². The van der Waals surface area contributed by atoms with Crippen LogP contribution in [0.3, 0.4) is 0 Å². The molecule has 0 unspecified atom stereocenters. The summed E-state index contributed by atoms with van der Waals surface area (Å²) in [6, 6.07) is 2.74. The smallest absolute Gasteiger partial charge is 0.214 e. The van der Waals surface area contributed by atoms with Crippen LogP contribution in [0.4, 0.5) is 17.6 Å². The topological polar surface area (TPSA) is 57.9 Å². The largest absolute Gasteiger partial charge is 0.501 e. The van der Waals surface area contributed by atoms with E-state index in [-0.39, 0.29) is 6.07 Å². The van der Waals surface area contributed by atoms with Gasteiger partial charge in [-0.1, -0.05) is 0 Å². The van der Waals surface area contributed by atoms with Gasteiger partial charge in [0.15, 0.2) is 0 Å². The third kappa shape index (κ3) is 1.99. The molecule has 1 rings (SSSR count). The molecule has 3 nitrogen and oxygen atoms in total. The first-order chi connectivity index (χ1) is 7.20. The van der Waals surface area contributed by atoms with Gasteiger partial charge in [-0.3, -0.25) is 0 Å². The first-order valence-corrected chi connectivity index (χ1v) is 5.19.